The number of nitrogens with zero attached hydrogens (tertiary/aromatic N) is 6. The summed E-state index contributed by atoms with van der Waals surface area (Å²) in [4.78, 5) is 25.8. The first-order valence-electron chi connectivity index (χ1n) is 16.4. The van der Waals surface area contributed by atoms with Crippen LogP contribution in [0.1, 0.15) is 48.9 Å². The second-order valence-electron chi connectivity index (χ2n) is 14.0. The number of imidazole rings is 1. The molecular weight excluding hydrogens is 590 g/mol. The quantitative estimate of drug-likeness (QED) is 0.300. The third-order valence-electron chi connectivity index (χ3n) is 10.9. The van der Waals surface area contributed by atoms with Gasteiger partial charge < -0.3 is 24.5 Å². The molecule has 3 aromatic heterocycles. The highest BCUT2D eigenvalue weighted by atomic mass is 32.2. The fraction of sp³-hybridized carbons (Fsp3) is 0.545. The van der Waals surface area contributed by atoms with E-state index >= 15 is 0 Å². The van der Waals surface area contributed by atoms with Crippen molar-refractivity contribution in [2.45, 2.75) is 68.9 Å². The van der Waals surface area contributed by atoms with Crippen LogP contribution in [0.15, 0.2) is 36.5 Å². The van der Waals surface area contributed by atoms with Crippen LogP contribution < -0.4 is 10.5 Å². The summed E-state index contributed by atoms with van der Waals surface area (Å²) in [5, 5.41) is 0.852. The Morgan fingerprint density at radius 2 is 1.80 bits per heavy atom. The molecule has 2 aliphatic heterocycles. The number of rotatable bonds is 9. The number of likely N-dealkylation sites (tertiary alicyclic amines) is 1. The standard InChI is InChI=1S/C33H39N7O4S/c1-44-28-13-23(33(41)39-18-22-6-9-26(39)29(22)34)11-25-30(28)40(17-20-14-37(15-20)45(42,43)24-7-8-24)32(36-25)27-12-21-3-2-10-35-31(21)38(27)16-19-4-5-19/h2-3,10-13,19-20,22,24,26,29H,4-9,14-18,34H2,1H3/t22?,26?,29-/m1/s1. The van der Waals surface area contributed by atoms with E-state index in [9.17, 15) is 13.2 Å². The average Bonchev–Trinajstić information content (AvgIpc) is 3.93. The van der Waals surface area contributed by atoms with Gasteiger partial charge in [-0.15, -0.1) is 0 Å². The van der Waals surface area contributed by atoms with Gasteiger partial charge in [0.05, 0.1) is 23.6 Å². The Balaban J connectivity index is 1.15. The zero-order valence-corrected chi connectivity index (χ0v) is 26.3. The van der Waals surface area contributed by atoms with Crippen molar-refractivity contribution in [3.05, 3.63) is 42.1 Å². The number of nitrogens with two attached hydrogens (primary N) is 1. The zero-order chi connectivity index (χ0) is 30.6. The van der Waals surface area contributed by atoms with Crippen molar-refractivity contribution in [3.8, 4) is 17.3 Å². The van der Waals surface area contributed by atoms with Crippen molar-refractivity contribution in [1.29, 1.82) is 0 Å². The Hall–Kier alpha value is -3.48. The summed E-state index contributed by atoms with van der Waals surface area (Å²) in [6.07, 6.45) is 7.80. The molecule has 12 heteroatoms. The molecular formula is C33H39N7O4S. The molecule has 45 heavy (non-hydrogen) atoms. The summed E-state index contributed by atoms with van der Waals surface area (Å²) in [5.74, 6) is 2.48. The molecule has 2 bridgehead atoms. The van der Waals surface area contributed by atoms with Crippen LogP contribution in [0.2, 0.25) is 0 Å². The van der Waals surface area contributed by atoms with E-state index in [1.54, 1.807) is 11.4 Å². The van der Waals surface area contributed by atoms with Gasteiger partial charge in [0.25, 0.3) is 5.91 Å². The predicted molar refractivity (Wildman–Crippen MR) is 170 cm³/mol. The summed E-state index contributed by atoms with van der Waals surface area (Å²) < 4.78 is 37.9. The molecule has 2 N–H and O–H groups in total. The van der Waals surface area contributed by atoms with Crippen molar-refractivity contribution < 1.29 is 17.9 Å². The number of hydrogen-bond donors (Lipinski definition) is 1. The molecule has 4 aromatic rings. The number of piperidine rings is 1. The van der Waals surface area contributed by atoms with Crippen molar-refractivity contribution in [3.63, 3.8) is 0 Å². The van der Waals surface area contributed by atoms with Crippen LogP contribution in [0.25, 0.3) is 33.6 Å². The van der Waals surface area contributed by atoms with Crippen LogP contribution >= 0.6 is 0 Å². The number of aromatic nitrogens is 4. The summed E-state index contributed by atoms with van der Waals surface area (Å²) in [6, 6.07) is 10.1. The van der Waals surface area contributed by atoms with Gasteiger partial charge in [-0.05, 0) is 80.7 Å². The average molecular weight is 630 g/mol. The molecule has 0 spiro atoms. The molecule has 1 aromatic carbocycles. The molecule has 236 valence electrons. The van der Waals surface area contributed by atoms with Gasteiger partial charge in [0.1, 0.15) is 16.9 Å². The molecule has 2 saturated heterocycles. The van der Waals surface area contributed by atoms with Crippen LogP contribution in [0.4, 0.5) is 0 Å². The van der Waals surface area contributed by atoms with Crippen molar-refractivity contribution in [2.24, 2.45) is 23.5 Å². The molecule has 3 atom stereocenters. The van der Waals surface area contributed by atoms with Gasteiger partial charge in [-0.25, -0.2) is 22.7 Å². The van der Waals surface area contributed by atoms with Gasteiger partial charge in [0.15, 0.2) is 5.82 Å². The number of amides is 1. The fourth-order valence-electron chi connectivity index (χ4n) is 8.03. The Bertz CT molecular complexity index is 1950. The summed E-state index contributed by atoms with van der Waals surface area (Å²) in [5.41, 5.74) is 10.4. The number of carbonyl (C=O) groups excluding carboxylic acids is 1. The Morgan fingerprint density at radius 3 is 2.49 bits per heavy atom. The van der Waals surface area contributed by atoms with E-state index in [1.165, 1.54) is 12.8 Å². The second kappa shape index (κ2) is 10.0. The molecule has 2 unspecified atom stereocenters. The minimum atomic E-state index is -3.20. The van der Waals surface area contributed by atoms with Gasteiger partial charge >= 0.3 is 0 Å². The van der Waals surface area contributed by atoms with Crippen LogP contribution in [0, 0.1) is 17.8 Å². The lowest BCUT2D eigenvalue weighted by molar-refractivity contribution is 0.0700. The number of fused-ring (bicyclic) bond motifs is 4. The van der Waals surface area contributed by atoms with E-state index < -0.39 is 10.0 Å². The molecule has 0 radical (unpaired) electrons. The first-order valence-corrected chi connectivity index (χ1v) is 17.9. The maximum absolute atomic E-state index is 13.9. The van der Waals surface area contributed by atoms with Crippen molar-refractivity contribution in [1.82, 2.24) is 28.3 Å². The van der Waals surface area contributed by atoms with Gasteiger partial charge in [0, 0.05) is 67.9 Å². The highest BCUT2D eigenvalue weighted by Crippen LogP contribution is 2.41. The zero-order valence-electron chi connectivity index (χ0n) is 25.5. The lowest BCUT2D eigenvalue weighted by Crippen LogP contribution is -2.52. The molecule has 1 amide bonds. The Kier molecular flexibility index (Phi) is 6.18. The smallest absolute Gasteiger partial charge is 0.254 e. The molecule has 3 aliphatic carbocycles. The highest BCUT2D eigenvalue weighted by molar-refractivity contribution is 7.90. The topological polar surface area (TPSA) is 129 Å². The fourth-order valence-corrected chi connectivity index (χ4v) is 10.0. The van der Waals surface area contributed by atoms with Gasteiger partial charge in [0.2, 0.25) is 10.0 Å². The Labute approximate surface area is 262 Å². The van der Waals surface area contributed by atoms with Crippen LogP contribution in [-0.2, 0) is 23.1 Å². The monoisotopic (exact) mass is 629 g/mol. The van der Waals surface area contributed by atoms with Crippen LogP contribution in [-0.4, -0.2) is 86.7 Å². The second-order valence-corrected chi connectivity index (χ2v) is 16.2. The maximum Gasteiger partial charge on any atom is 0.254 e. The first kappa shape index (κ1) is 27.8. The first-order chi connectivity index (χ1) is 21.8. The lowest BCUT2D eigenvalue weighted by Gasteiger charge is -2.38. The number of carbonyl (C=O) groups is 1. The normalized spacial score (nSPS) is 25.5. The maximum atomic E-state index is 13.9. The number of pyridine rings is 1. The van der Waals surface area contributed by atoms with E-state index in [2.05, 4.69) is 21.3 Å². The molecule has 11 nitrogen and oxygen atoms in total. The minimum absolute atomic E-state index is 0.0269. The number of benzene rings is 1. The molecule has 5 aliphatic rings. The number of ether oxygens (including phenoxy) is 1. The largest absolute Gasteiger partial charge is 0.494 e. The van der Waals surface area contributed by atoms with E-state index in [1.807, 2.05) is 29.3 Å². The highest BCUT2D eigenvalue weighted by Gasteiger charge is 2.47. The summed E-state index contributed by atoms with van der Waals surface area (Å²) in [7, 11) is -1.57. The van der Waals surface area contributed by atoms with E-state index in [-0.39, 0.29) is 29.2 Å². The minimum Gasteiger partial charge on any atom is -0.494 e. The molecule has 3 saturated carbocycles. The number of hydrogen-bond acceptors (Lipinski definition) is 7. The molecule has 9 rings (SSSR count). The van der Waals surface area contributed by atoms with Gasteiger partial charge in [-0.2, -0.15) is 0 Å². The summed E-state index contributed by atoms with van der Waals surface area (Å²) in [6.45, 7) is 3.16. The third kappa shape index (κ3) is 4.43. The van der Waals surface area contributed by atoms with Gasteiger partial charge in [-0.1, -0.05) is 0 Å². The lowest BCUT2D eigenvalue weighted by atomic mass is 10.0. The predicted octanol–water partition coefficient (Wildman–Crippen LogP) is 3.46. The van der Waals surface area contributed by atoms with Crippen molar-refractivity contribution >= 4 is 38.0 Å². The van der Waals surface area contributed by atoms with E-state index in [4.69, 9.17) is 20.4 Å². The van der Waals surface area contributed by atoms with Gasteiger partial charge in [-0.3, -0.25) is 4.79 Å². The van der Waals surface area contributed by atoms with Crippen molar-refractivity contribution in [2.75, 3.05) is 26.7 Å². The third-order valence-corrected chi connectivity index (χ3v) is 13.2. The number of methoxy groups -OCH3 is 1. The van der Waals surface area contributed by atoms with E-state index in [0.717, 1.165) is 60.3 Å². The van der Waals surface area contributed by atoms with E-state index in [0.29, 0.717) is 54.8 Å². The van der Waals surface area contributed by atoms with Crippen LogP contribution in [0.5, 0.6) is 5.75 Å². The molecule has 5 fully saturated rings. The number of sulfonamides is 1. The molecule has 5 heterocycles. The SMILES string of the molecule is COc1cc(C(=O)N2CC3CCC2[C@@H]3N)cc2nc(-c3cc4cccnc4n3CC3CC3)n(CC3CN(S(=O)(=O)C4CC4)C3)c12. The van der Waals surface area contributed by atoms with Crippen LogP contribution in [0.3, 0.4) is 0 Å². The summed E-state index contributed by atoms with van der Waals surface area (Å²) >= 11 is 0. The Morgan fingerprint density at radius 1 is 1.00 bits per heavy atom.